The molecule has 0 atom stereocenters. The summed E-state index contributed by atoms with van der Waals surface area (Å²) in [7, 11) is 0. The molecular formula is C19H19N5O. The third-order valence-electron chi connectivity index (χ3n) is 4.07. The van der Waals surface area contributed by atoms with Crippen LogP contribution in [0.5, 0.6) is 11.6 Å². The maximum atomic E-state index is 5.72. The van der Waals surface area contributed by atoms with Gasteiger partial charge in [0, 0.05) is 18.3 Å². The van der Waals surface area contributed by atoms with Gasteiger partial charge in [-0.05, 0) is 43.5 Å². The van der Waals surface area contributed by atoms with E-state index in [9.17, 15) is 0 Å². The molecule has 0 aliphatic heterocycles. The first-order chi connectivity index (χ1) is 12.3. The minimum Gasteiger partial charge on any atom is -0.439 e. The molecule has 0 unspecified atom stereocenters. The van der Waals surface area contributed by atoms with Crippen LogP contribution in [0, 0.1) is 0 Å². The van der Waals surface area contributed by atoms with Crippen LogP contribution >= 0.6 is 0 Å². The van der Waals surface area contributed by atoms with E-state index < -0.39 is 0 Å². The predicted octanol–water partition coefficient (Wildman–Crippen LogP) is 4.37. The molecule has 1 aromatic carbocycles. The van der Waals surface area contributed by atoms with Gasteiger partial charge in [-0.3, -0.25) is 0 Å². The molecule has 4 rings (SSSR count). The van der Waals surface area contributed by atoms with Crippen LogP contribution in [-0.2, 0) is 0 Å². The van der Waals surface area contributed by atoms with E-state index in [2.05, 4.69) is 25.6 Å². The normalized spacial score (nSPS) is 13.8. The summed E-state index contributed by atoms with van der Waals surface area (Å²) in [6.07, 6.45) is 7.19. The lowest BCUT2D eigenvalue weighted by molar-refractivity contribution is 0.444. The van der Waals surface area contributed by atoms with Crippen molar-refractivity contribution in [3.63, 3.8) is 0 Å². The zero-order valence-electron chi connectivity index (χ0n) is 13.7. The number of pyridine rings is 1. The number of nitrogens with zero attached hydrogens (tertiary/aromatic N) is 3. The molecule has 0 spiro atoms. The lowest BCUT2D eigenvalue weighted by atomic mass is 9.93. The molecule has 2 heterocycles. The van der Waals surface area contributed by atoms with Crippen molar-refractivity contribution >= 4 is 17.5 Å². The zero-order chi connectivity index (χ0) is 16.9. The van der Waals surface area contributed by atoms with E-state index >= 15 is 0 Å². The van der Waals surface area contributed by atoms with Crippen molar-refractivity contribution in [2.45, 2.75) is 25.3 Å². The van der Waals surface area contributed by atoms with Crippen LogP contribution in [-0.4, -0.2) is 21.0 Å². The number of anilines is 3. The van der Waals surface area contributed by atoms with Crippen molar-refractivity contribution in [2.24, 2.45) is 0 Å². The predicted molar refractivity (Wildman–Crippen MR) is 97.3 cm³/mol. The highest BCUT2D eigenvalue weighted by molar-refractivity contribution is 5.54. The number of ether oxygens (including phenoxy) is 1. The lowest BCUT2D eigenvalue weighted by Gasteiger charge is -2.26. The zero-order valence-corrected chi connectivity index (χ0v) is 13.7. The van der Waals surface area contributed by atoms with E-state index in [1.807, 2.05) is 42.5 Å². The summed E-state index contributed by atoms with van der Waals surface area (Å²) in [6.45, 7) is 0. The molecule has 6 nitrogen and oxygen atoms in total. The number of nitrogens with one attached hydrogen (secondary N) is 2. The van der Waals surface area contributed by atoms with Gasteiger partial charge in [0.25, 0.3) is 0 Å². The second-order valence-corrected chi connectivity index (χ2v) is 5.96. The Balaban J connectivity index is 1.41. The standard InChI is InChI=1S/C19H19N5O/c1-2-7-16(8-3-1)25-18-11-12-20-19(24-18)23-15-9-10-17(21-13-15)22-14-5-4-6-14/h1-3,7-14H,4-6H2,(H,21,22)(H,20,23,24). The average molecular weight is 333 g/mol. The minimum atomic E-state index is 0.468. The Labute approximate surface area is 146 Å². The van der Waals surface area contributed by atoms with Gasteiger partial charge in [-0.25, -0.2) is 9.97 Å². The van der Waals surface area contributed by atoms with Crippen LogP contribution in [0.1, 0.15) is 19.3 Å². The summed E-state index contributed by atoms with van der Waals surface area (Å²) in [6, 6.07) is 15.8. The van der Waals surface area contributed by atoms with Crippen molar-refractivity contribution in [1.29, 1.82) is 0 Å². The van der Waals surface area contributed by atoms with Crippen LogP contribution in [0.3, 0.4) is 0 Å². The molecule has 0 bridgehead atoms. The second kappa shape index (κ2) is 7.17. The summed E-state index contributed by atoms with van der Waals surface area (Å²) in [5, 5.41) is 6.56. The van der Waals surface area contributed by atoms with Gasteiger partial charge in [-0.2, -0.15) is 4.98 Å². The van der Waals surface area contributed by atoms with Crippen LogP contribution in [0.2, 0.25) is 0 Å². The fourth-order valence-electron chi connectivity index (χ4n) is 2.51. The Morgan fingerprint density at radius 2 is 1.84 bits per heavy atom. The van der Waals surface area contributed by atoms with E-state index in [0.29, 0.717) is 17.9 Å². The van der Waals surface area contributed by atoms with Gasteiger partial charge in [-0.15, -0.1) is 0 Å². The molecule has 1 saturated carbocycles. The van der Waals surface area contributed by atoms with E-state index in [4.69, 9.17) is 4.74 Å². The molecule has 0 saturated heterocycles. The van der Waals surface area contributed by atoms with Crippen molar-refractivity contribution in [3.05, 3.63) is 60.9 Å². The van der Waals surface area contributed by atoms with Crippen LogP contribution < -0.4 is 15.4 Å². The SMILES string of the molecule is c1ccc(Oc2ccnc(Nc3ccc(NC4CCC4)nc3)n2)cc1. The highest BCUT2D eigenvalue weighted by Gasteiger charge is 2.17. The lowest BCUT2D eigenvalue weighted by Crippen LogP contribution is -2.27. The van der Waals surface area contributed by atoms with Gasteiger partial charge in [0.05, 0.1) is 11.9 Å². The quantitative estimate of drug-likeness (QED) is 0.698. The van der Waals surface area contributed by atoms with E-state index in [1.54, 1.807) is 18.5 Å². The van der Waals surface area contributed by atoms with Gasteiger partial charge in [0.15, 0.2) is 0 Å². The first-order valence-corrected chi connectivity index (χ1v) is 8.41. The molecule has 1 fully saturated rings. The van der Waals surface area contributed by atoms with Crippen molar-refractivity contribution in [2.75, 3.05) is 10.6 Å². The van der Waals surface area contributed by atoms with Gasteiger partial charge in [0.2, 0.25) is 11.8 Å². The van der Waals surface area contributed by atoms with Gasteiger partial charge >= 0.3 is 0 Å². The third-order valence-corrected chi connectivity index (χ3v) is 4.07. The molecule has 126 valence electrons. The summed E-state index contributed by atoms with van der Waals surface area (Å²) < 4.78 is 5.72. The molecule has 0 radical (unpaired) electrons. The highest BCUT2D eigenvalue weighted by Crippen LogP contribution is 2.23. The summed E-state index contributed by atoms with van der Waals surface area (Å²) in [5.74, 6) is 2.59. The van der Waals surface area contributed by atoms with Crippen molar-refractivity contribution in [1.82, 2.24) is 15.0 Å². The first kappa shape index (κ1) is 15.4. The van der Waals surface area contributed by atoms with Crippen LogP contribution in [0.4, 0.5) is 17.5 Å². The molecule has 2 N–H and O–H groups in total. The van der Waals surface area contributed by atoms with Gasteiger partial charge in [-0.1, -0.05) is 18.2 Å². The van der Waals surface area contributed by atoms with E-state index in [-0.39, 0.29) is 0 Å². The highest BCUT2D eigenvalue weighted by atomic mass is 16.5. The van der Waals surface area contributed by atoms with Crippen molar-refractivity contribution in [3.8, 4) is 11.6 Å². The molecule has 25 heavy (non-hydrogen) atoms. The average Bonchev–Trinajstić information content (AvgIpc) is 2.61. The number of aromatic nitrogens is 3. The molecule has 0 amide bonds. The largest absolute Gasteiger partial charge is 0.439 e. The van der Waals surface area contributed by atoms with E-state index in [0.717, 1.165) is 17.3 Å². The number of rotatable bonds is 6. The third kappa shape index (κ3) is 4.03. The Bertz CT molecular complexity index is 819. The molecule has 1 aliphatic carbocycles. The monoisotopic (exact) mass is 333 g/mol. The minimum absolute atomic E-state index is 0.468. The number of benzene rings is 1. The van der Waals surface area contributed by atoms with Crippen LogP contribution in [0.15, 0.2) is 60.9 Å². The molecule has 1 aliphatic rings. The van der Waals surface area contributed by atoms with Gasteiger partial charge in [0.1, 0.15) is 11.6 Å². The van der Waals surface area contributed by atoms with Crippen molar-refractivity contribution < 1.29 is 4.74 Å². The number of hydrogen-bond donors (Lipinski definition) is 2. The van der Waals surface area contributed by atoms with Gasteiger partial charge < -0.3 is 15.4 Å². The maximum Gasteiger partial charge on any atom is 0.230 e. The summed E-state index contributed by atoms with van der Waals surface area (Å²) in [4.78, 5) is 13.0. The topological polar surface area (TPSA) is 72.0 Å². The molecular weight excluding hydrogens is 314 g/mol. The maximum absolute atomic E-state index is 5.72. The Kier molecular flexibility index (Phi) is 4.41. The fraction of sp³-hybridized carbons (Fsp3) is 0.211. The fourth-order valence-corrected chi connectivity index (χ4v) is 2.51. The Morgan fingerprint density at radius 3 is 2.56 bits per heavy atom. The Morgan fingerprint density at radius 1 is 0.960 bits per heavy atom. The number of para-hydroxylation sites is 1. The summed E-state index contributed by atoms with van der Waals surface area (Å²) >= 11 is 0. The summed E-state index contributed by atoms with van der Waals surface area (Å²) in [5.41, 5.74) is 0.830. The molecule has 3 aromatic rings. The molecule has 6 heteroatoms. The van der Waals surface area contributed by atoms with Crippen LogP contribution in [0.25, 0.3) is 0 Å². The Hall–Kier alpha value is -3.15. The van der Waals surface area contributed by atoms with E-state index in [1.165, 1.54) is 19.3 Å². The second-order valence-electron chi connectivity index (χ2n) is 5.96. The molecule has 2 aromatic heterocycles. The first-order valence-electron chi connectivity index (χ1n) is 8.41. The smallest absolute Gasteiger partial charge is 0.230 e. The number of hydrogen-bond acceptors (Lipinski definition) is 6.